The third kappa shape index (κ3) is 4.81. The maximum atomic E-state index is 13.6. The van der Waals surface area contributed by atoms with E-state index in [9.17, 15) is 9.18 Å². The first-order valence-electron chi connectivity index (χ1n) is 12.5. The summed E-state index contributed by atoms with van der Waals surface area (Å²) in [6.45, 7) is 8.80. The van der Waals surface area contributed by atoms with Gasteiger partial charge in [-0.25, -0.2) is 9.07 Å². The number of halogens is 1. The summed E-state index contributed by atoms with van der Waals surface area (Å²) in [6, 6.07) is 11.5. The van der Waals surface area contributed by atoms with Gasteiger partial charge in [0.15, 0.2) is 17.3 Å². The summed E-state index contributed by atoms with van der Waals surface area (Å²) in [5.74, 6) is 1.44. The number of fused-ring (bicyclic) bond motifs is 1. The summed E-state index contributed by atoms with van der Waals surface area (Å²) in [5.41, 5.74) is 1.53. The van der Waals surface area contributed by atoms with Crippen LogP contribution >= 0.6 is 0 Å². The Hall–Kier alpha value is -3.99. The molecule has 1 aliphatic heterocycles. The Morgan fingerprint density at radius 1 is 0.974 bits per heavy atom. The zero-order chi connectivity index (χ0) is 27.0. The Morgan fingerprint density at radius 3 is 2.26 bits per heavy atom. The largest absolute Gasteiger partial charge is 0.493 e. The topological polar surface area (TPSA) is 101 Å². The third-order valence-corrected chi connectivity index (χ3v) is 6.92. The van der Waals surface area contributed by atoms with Gasteiger partial charge in [-0.3, -0.25) is 9.69 Å². The fourth-order valence-electron chi connectivity index (χ4n) is 4.98. The summed E-state index contributed by atoms with van der Waals surface area (Å²) >= 11 is 0. The quantitative estimate of drug-likeness (QED) is 0.412. The maximum absolute atomic E-state index is 13.6. The molecule has 0 radical (unpaired) electrons. The summed E-state index contributed by atoms with van der Waals surface area (Å²) in [5, 5.41) is 13.5. The average Bonchev–Trinajstić information content (AvgIpc) is 3.40. The number of nitrogens with zero attached hydrogens (tertiary/aromatic N) is 6. The van der Waals surface area contributed by atoms with E-state index in [1.54, 1.807) is 37.1 Å². The van der Waals surface area contributed by atoms with Crippen LogP contribution in [-0.4, -0.2) is 70.5 Å². The van der Waals surface area contributed by atoms with Crippen LogP contribution in [0.2, 0.25) is 0 Å². The molecular weight excluding hydrogens is 489 g/mol. The predicted molar refractivity (Wildman–Crippen MR) is 143 cm³/mol. The van der Waals surface area contributed by atoms with Crippen molar-refractivity contribution in [3.63, 3.8) is 0 Å². The molecule has 0 bridgehead atoms. The van der Waals surface area contributed by atoms with Gasteiger partial charge in [-0.05, 0) is 67.6 Å². The van der Waals surface area contributed by atoms with Crippen molar-refractivity contribution >= 4 is 16.6 Å². The van der Waals surface area contributed by atoms with E-state index in [0.717, 1.165) is 11.1 Å². The molecule has 11 heteroatoms. The number of aromatic nitrogens is 5. The molecule has 2 aromatic heterocycles. The van der Waals surface area contributed by atoms with Crippen LogP contribution in [0, 0.1) is 5.82 Å². The number of methoxy groups -OCH3 is 2. The number of tetrazole rings is 1. The molecule has 0 saturated carbocycles. The van der Waals surface area contributed by atoms with E-state index in [2.05, 4.69) is 30.3 Å². The molecule has 4 aromatic rings. The SMILES string of the molecule is COc1cc2cc([C@@H](c3nnnn3C(C)(C)C)N3CCN(c4ccc(F)cc4)CC3)c(=O)[nH]c2cc1OC. The number of H-pyrrole nitrogens is 1. The minimum Gasteiger partial charge on any atom is -0.493 e. The second-order valence-corrected chi connectivity index (χ2v) is 10.4. The second kappa shape index (κ2) is 10.1. The average molecular weight is 522 g/mol. The number of benzene rings is 2. The van der Waals surface area contributed by atoms with Crippen LogP contribution in [0.5, 0.6) is 11.5 Å². The van der Waals surface area contributed by atoms with Gasteiger partial charge < -0.3 is 19.4 Å². The highest BCUT2D eigenvalue weighted by atomic mass is 19.1. The van der Waals surface area contributed by atoms with Gasteiger partial charge >= 0.3 is 0 Å². The van der Waals surface area contributed by atoms with Crippen molar-refractivity contribution in [1.29, 1.82) is 0 Å². The zero-order valence-electron chi connectivity index (χ0n) is 22.2. The van der Waals surface area contributed by atoms with Crippen molar-refractivity contribution in [2.24, 2.45) is 0 Å². The minimum absolute atomic E-state index is 0.223. The molecule has 0 amide bonds. The van der Waals surface area contributed by atoms with E-state index >= 15 is 0 Å². The summed E-state index contributed by atoms with van der Waals surface area (Å²) in [4.78, 5) is 21.0. The van der Waals surface area contributed by atoms with Crippen LogP contribution in [0.25, 0.3) is 10.9 Å². The minimum atomic E-state index is -0.485. The molecule has 5 rings (SSSR count). The monoisotopic (exact) mass is 521 g/mol. The Bertz CT molecular complexity index is 1490. The first kappa shape index (κ1) is 25.7. The Balaban J connectivity index is 1.57. The molecule has 200 valence electrons. The molecule has 3 heterocycles. The Labute approximate surface area is 220 Å². The van der Waals surface area contributed by atoms with E-state index in [-0.39, 0.29) is 11.4 Å². The van der Waals surface area contributed by atoms with Crippen molar-refractivity contribution in [2.45, 2.75) is 32.4 Å². The number of piperazine rings is 1. The summed E-state index contributed by atoms with van der Waals surface area (Å²) in [6.07, 6.45) is 0. The van der Waals surface area contributed by atoms with Gasteiger partial charge in [0, 0.05) is 48.9 Å². The molecule has 1 atom stereocenters. The zero-order valence-corrected chi connectivity index (χ0v) is 22.2. The van der Waals surface area contributed by atoms with Crippen molar-refractivity contribution < 1.29 is 13.9 Å². The molecule has 1 aliphatic rings. The van der Waals surface area contributed by atoms with E-state index in [4.69, 9.17) is 9.47 Å². The van der Waals surface area contributed by atoms with Gasteiger partial charge in [0.25, 0.3) is 5.56 Å². The molecule has 1 fully saturated rings. The lowest BCUT2D eigenvalue weighted by Gasteiger charge is -2.40. The summed E-state index contributed by atoms with van der Waals surface area (Å²) < 4.78 is 26.1. The fraction of sp³-hybridized carbons (Fsp3) is 0.407. The maximum Gasteiger partial charge on any atom is 0.253 e. The van der Waals surface area contributed by atoms with Gasteiger partial charge in [-0.2, -0.15) is 0 Å². The van der Waals surface area contributed by atoms with Crippen molar-refractivity contribution in [3.05, 3.63) is 70.0 Å². The molecule has 10 nitrogen and oxygen atoms in total. The van der Waals surface area contributed by atoms with E-state index in [1.807, 2.05) is 32.9 Å². The highest BCUT2D eigenvalue weighted by molar-refractivity contribution is 5.83. The number of aromatic amines is 1. The number of nitrogens with one attached hydrogen (secondary N) is 1. The molecular formula is C27H32FN7O3. The highest BCUT2D eigenvalue weighted by Crippen LogP contribution is 2.34. The predicted octanol–water partition coefficient (Wildman–Crippen LogP) is 3.34. The standard InChI is InChI=1S/C27H32FN7O3/c1-27(2,3)35-25(30-31-32-35)24(34-12-10-33(11-13-34)19-8-6-18(28)7-9-19)20-14-17-15-22(37-4)23(38-5)16-21(17)29-26(20)36/h6-9,14-16,24H,10-13H2,1-5H3,(H,29,36)/t24-/m0/s1. The number of hydrogen-bond acceptors (Lipinski definition) is 8. The van der Waals surface area contributed by atoms with E-state index < -0.39 is 11.6 Å². The van der Waals surface area contributed by atoms with Crippen LogP contribution in [0.4, 0.5) is 10.1 Å². The Kier molecular flexibility index (Phi) is 6.78. The Morgan fingerprint density at radius 2 is 1.63 bits per heavy atom. The van der Waals surface area contributed by atoms with Crippen molar-refractivity contribution in [2.75, 3.05) is 45.3 Å². The number of rotatable bonds is 6. The molecule has 0 aliphatic carbocycles. The first-order valence-corrected chi connectivity index (χ1v) is 12.5. The van der Waals surface area contributed by atoms with E-state index in [1.165, 1.54) is 12.1 Å². The lowest BCUT2D eigenvalue weighted by molar-refractivity contribution is 0.190. The molecule has 1 saturated heterocycles. The molecule has 38 heavy (non-hydrogen) atoms. The third-order valence-electron chi connectivity index (χ3n) is 6.92. The normalized spacial score (nSPS) is 15.6. The molecule has 1 N–H and O–H groups in total. The lowest BCUT2D eigenvalue weighted by Crippen LogP contribution is -2.49. The van der Waals surface area contributed by atoms with Gasteiger partial charge in [-0.1, -0.05) is 0 Å². The van der Waals surface area contributed by atoms with Crippen LogP contribution in [0.3, 0.4) is 0 Å². The van der Waals surface area contributed by atoms with Crippen LogP contribution in [-0.2, 0) is 5.54 Å². The van der Waals surface area contributed by atoms with Crippen LogP contribution < -0.4 is 19.9 Å². The fourth-order valence-corrected chi connectivity index (χ4v) is 4.98. The number of anilines is 1. The van der Waals surface area contributed by atoms with Gasteiger partial charge in [0.2, 0.25) is 0 Å². The van der Waals surface area contributed by atoms with Crippen LogP contribution in [0.1, 0.15) is 38.2 Å². The van der Waals surface area contributed by atoms with E-state index in [0.29, 0.717) is 54.6 Å². The lowest BCUT2D eigenvalue weighted by atomic mass is 10.0. The summed E-state index contributed by atoms with van der Waals surface area (Å²) in [7, 11) is 3.14. The smallest absolute Gasteiger partial charge is 0.253 e. The number of pyridine rings is 1. The van der Waals surface area contributed by atoms with Gasteiger partial charge in [0.1, 0.15) is 11.9 Å². The van der Waals surface area contributed by atoms with Gasteiger partial charge in [0.05, 0.1) is 25.3 Å². The highest BCUT2D eigenvalue weighted by Gasteiger charge is 2.35. The van der Waals surface area contributed by atoms with Crippen LogP contribution in [0.15, 0.2) is 47.3 Å². The van der Waals surface area contributed by atoms with Crippen molar-refractivity contribution in [1.82, 2.24) is 30.1 Å². The second-order valence-electron chi connectivity index (χ2n) is 10.4. The first-order chi connectivity index (χ1) is 18.2. The molecule has 2 aromatic carbocycles. The van der Waals surface area contributed by atoms with Crippen molar-refractivity contribution in [3.8, 4) is 11.5 Å². The molecule has 0 spiro atoms. The number of hydrogen-bond donors (Lipinski definition) is 1. The number of ether oxygens (including phenoxy) is 2. The van der Waals surface area contributed by atoms with Gasteiger partial charge in [-0.15, -0.1) is 5.10 Å². The molecule has 0 unspecified atom stereocenters.